The third kappa shape index (κ3) is 1.79. The second kappa shape index (κ2) is 2.82. The van der Waals surface area contributed by atoms with E-state index in [0.29, 0.717) is 5.56 Å². The molecule has 0 atom stereocenters. The fourth-order valence-corrected chi connectivity index (χ4v) is 1.45. The smallest absolute Gasteiger partial charge is 0.195 e. The van der Waals surface area contributed by atoms with E-state index < -0.39 is 20.7 Å². The Morgan fingerprint density at radius 3 is 2.50 bits per heavy atom. The van der Waals surface area contributed by atoms with Crippen molar-refractivity contribution in [3.05, 3.63) is 23.6 Å². The third-order valence-corrected chi connectivity index (χ3v) is 2.30. The van der Waals surface area contributed by atoms with Crippen LogP contribution >= 0.6 is 0 Å². The van der Waals surface area contributed by atoms with Gasteiger partial charge in [-0.2, -0.15) is 0 Å². The molecule has 12 heavy (non-hydrogen) atoms. The van der Waals surface area contributed by atoms with Crippen LogP contribution in [0.2, 0.25) is 0 Å². The summed E-state index contributed by atoms with van der Waals surface area (Å²) in [5.41, 5.74) is 0.597. The maximum atomic E-state index is 12.9. The topological polar surface area (TPSA) is 47.0 Å². The van der Waals surface area contributed by atoms with E-state index in [1.807, 2.05) is 0 Å². The van der Waals surface area contributed by atoms with Gasteiger partial charge in [-0.15, -0.1) is 0 Å². The summed E-state index contributed by atoms with van der Waals surface area (Å²) in [6, 6.07) is 1.14. The zero-order valence-corrected chi connectivity index (χ0v) is 7.52. The highest BCUT2D eigenvalue weighted by molar-refractivity contribution is 7.90. The van der Waals surface area contributed by atoms with E-state index in [-0.39, 0.29) is 0 Å². The standard InChI is InChI=1S/C7H8FNO2S/c1-5-3-6(8)7(9-4-5)12(2,10)11/h3-4H,1-2H3. The molecule has 0 aliphatic rings. The van der Waals surface area contributed by atoms with Crippen molar-refractivity contribution in [2.24, 2.45) is 0 Å². The van der Waals surface area contributed by atoms with E-state index in [4.69, 9.17) is 0 Å². The predicted octanol–water partition coefficient (Wildman–Crippen LogP) is 0.933. The fraction of sp³-hybridized carbons (Fsp3) is 0.286. The van der Waals surface area contributed by atoms with Gasteiger partial charge in [0, 0.05) is 12.5 Å². The van der Waals surface area contributed by atoms with Crippen molar-refractivity contribution < 1.29 is 12.8 Å². The summed E-state index contributed by atoms with van der Waals surface area (Å²) in [5.74, 6) is -0.794. The van der Waals surface area contributed by atoms with Gasteiger partial charge in [-0.25, -0.2) is 17.8 Å². The highest BCUT2D eigenvalue weighted by Crippen LogP contribution is 2.11. The zero-order chi connectivity index (χ0) is 9.35. The molecule has 1 rings (SSSR count). The predicted molar refractivity (Wildman–Crippen MR) is 42.0 cm³/mol. The molecule has 0 aliphatic heterocycles. The van der Waals surface area contributed by atoms with E-state index in [0.717, 1.165) is 12.3 Å². The molecule has 0 fully saturated rings. The number of nitrogens with zero attached hydrogens (tertiary/aromatic N) is 1. The van der Waals surface area contributed by atoms with Gasteiger partial charge in [-0.05, 0) is 18.6 Å². The molecule has 0 spiro atoms. The summed E-state index contributed by atoms with van der Waals surface area (Å²) >= 11 is 0. The molecule has 0 amide bonds. The van der Waals surface area contributed by atoms with E-state index in [2.05, 4.69) is 4.98 Å². The van der Waals surface area contributed by atoms with Crippen LogP contribution in [0.15, 0.2) is 17.3 Å². The Kier molecular flexibility index (Phi) is 2.14. The van der Waals surface area contributed by atoms with Crippen LogP contribution in [0.4, 0.5) is 4.39 Å². The molecule has 0 saturated carbocycles. The Morgan fingerprint density at radius 1 is 1.50 bits per heavy atom. The van der Waals surface area contributed by atoms with Crippen LogP contribution in [-0.2, 0) is 9.84 Å². The summed E-state index contributed by atoms with van der Waals surface area (Å²) in [7, 11) is -3.54. The Hall–Kier alpha value is -0.970. The van der Waals surface area contributed by atoms with Crippen LogP contribution in [0.25, 0.3) is 0 Å². The second-order valence-electron chi connectivity index (χ2n) is 2.57. The van der Waals surface area contributed by atoms with E-state index >= 15 is 0 Å². The average molecular weight is 189 g/mol. The van der Waals surface area contributed by atoms with E-state index in [1.165, 1.54) is 6.20 Å². The maximum Gasteiger partial charge on any atom is 0.195 e. The van der Waals surface area contributed by atoms with Crippen LogP contribution < -0.4 is 0 Å². The van der Waals surface area contributed by atoms with Gasteiger partial charge in [0.15, 0.2) is 20.7 Å². The van der Waals surface area contributed by atoms with Crippen LogP contribution in [0.3, 0.4) is 0 Å². The first kappa shape index (κ1) is 9.12. The number of aromatic nitrogens is 1. The average Bonchev–Trinajstić information content (AvgIpc) is 1.83. The van der Waals surface area contributed by atoms with Gasteiger partial charge in [-0.3, -0.25) is 0 Å². The Balaban J connectivity index is 3.39. The number of pyridine rings is 1. The molecule has 0 N–H and O–H groups in total. The molecule has 0 aliphatic carbocycles. The molecule has 1 aromatic rings. The molecule has 0 saturated heterocycles. The third-order valence-electron chi connectivity index (χ3n) is 1.30. The number of halogens is 1. The largest absolute Gasteiger partial charge is 0.242 e. The van der Waals surface area contributed by atoms with Crippen LogP contribution in [0.1, 0.15) is 5.56 Å². The van der Waals surface area contributed by atoms with Gasteiger partial charge in [-0.1, -0.05) is 0 Å². The summed E-state index contributed by atoms with van der Waals surface area (Å²) in [4.78, 5) is 3.49. The number of aryl methyl sites for hydroxylation is 1. The molecule has 1 aromatic heterocycles. The van der Waals surface area contributed by atoms with Crippen molar-refractivity contribution in [1.82, 2.24) is 4.98 Å². The Morgan fingerprint density at radius 2 is 2.08 bits per heavy atom. The first-order valence-electron chi connectivity index (χ1n) is 3.23. The van der Waals surface area contributed by atoms with Crippen molar-refractivity contribution in [1.29, 1.82) is 0 Å². The normalized spacial score (nSPS) is 11.6. The molecular weight excluding hydrogens is 181 g/mol. The number of sulfone groups is 1. The molecule has 0 bridgehead atoms. The van der Waals surface area contributed by atoms with Gasteiger partial charge >= 0.3 is 0 Å². The van der Waals surface area contributed by atoms with Crippen molar-refractivity contribution in [2.45, 2.75) is 11.9 Å². The summed E-state index contributed by atoms with van der Waals surface area (Å²) in [6.45, 7) is 1.64. The zero-order valence-electron chi connectivity index (χ0n) is 6.70. The monoisotopic (exact) mass is 189 g/mol. The highest BCUT2D eigenvalue weighted by atomic mass is 32.2. The molecule has 0 unspecified atom stereocenters. The van der Waals surface area contributed by atoms with E-state index in [1.54, 1.807) is 6.92 Å². The lowest BCUT2D eigenvalue weighted by Gasteiger charge is -1.99. The second-order valence-corrected chi connectivity index (χ2v) is 4.50. The molecule has 66 valence electrons. The highest BCUT2D eigenvalue weighted by Gasteiger charge is 2.14. The summed E-state index contributed by atoms with van der Waals surface area (Å²) < 4.78 is 34.6. The molecule has 0 aromatic carbocycles. The van der Waals surface area contributed by atoms with Crippen LogP contribution in [-0.4, -0.2) is 19.7 Å². The van der Waals surface area contributed by atoms with Crippen molar-refractivity contribution >= 4 is 9.84 Å². The lowest BCUT2D eigenvalue weighted by molar-refractivity contribution is 0.556. The molecule has 3 nitrogen and oxygen atoms in total. The summed E-state index contributed by atoms with van der Waals surface area (Å²) in [5, 5.41) is -0.492. The fourth-order valence-electron chi connectivity index (χ4n) is 0.794. The first-order chi connectivity index (χ1) is 5.41. The molecular formula is C7H8FNO2S. The van der Waals surface area contributed by atoms with Crippen LogP contribution in [0.5, 0.6) is 0 Å². The van der Waals surface area contributed by atoms with Crippen molar-refractivity contribution in [3.63, 3.8) is 0 Å². The minimum absolute atomic E-state index is 0.492. The van der Waals surface area contributed by atoms with Gasteiger partial charge in [0.2, 0.25) is 0 Å². The van der Waals surface area contributed by atoms with Gasteiger partial charge < -0.3 is 0 Å². The SMILES string of the molecule is Cc1cnc(S(C)(=O)=O)c(F)c1. The quantitative estimate of drug-likeness (QED) is 0.660. The Labute approximate surface area is 70.2 Å². The Bertz CT molecular complexity index is 400. The first-order valence-corrected chi connectivity index (χ1v) is 5.12. The van der Waals surface area contributed by atoms with Crippen molar-refractivity contribution in [3.8, 4) is 0 Å². The van der Waals surface area contributed by atoms with Gasteiger partial charge in [0.25, 0.3) is 0 Å². The maximum absolute atomic E-state index is 12.9. The molecule has 5 heteroatoms. The minimum atomic E-state index is -3.54. The summed E-state index contributed by atoms with van der Waals surface area (Å²) in [6.07, 6.45) is 2.24. The number of hydrogen-bond acceptors (Lipinski definition) is 3. The number of rotatable bonds is 1. The van der Waals surface area contributed by atoms with Crippen molar-refractivity contribution in [2.75, 3.05) is 6.26 Å². The lowest BCUT2D eigenvalue weighted by atomic mass is 10.3. The minimum Gasteiger partial charge on any atom is -0.242 e. The van der Waals surface area contributed by atoms with Gasteiger partial charge in [0.1, 0.15) is 0 Å². The van der Waals surface area contributed by atoms with Gasteiger partial charge in [0.05, 0.1) is 0 Å². The van der Waals surface area contributed by atoms with E-state index in [9.17, 15) is 12.8 Å². The lowest BCUT2D eigenvalue weighted by Crippen LogP contribution is -2.03. The molecule has 1 heterocycles. The van der Waals surface area contributed by atoms with Crippen LogP contribution in [0, 0.1) is 12.7 Å². The number of hydrogen-bond donors (Lipinski definition) is 0. The molecule has 0 radical (unpaired) electrons.